The van der Waals surface area contributed by atoms with Crippen LogP contribution in [-0.2, 0) is 13.2 Å². The summed E-state index contributed by atoms with van der Waals surface area (Å²) >= 11 is 0. The highest BCUT2D eigenvalue weighted by atomic mass is 16.6. The number of nitrogens with zero attached hydrogens (tertiary/aromatic N) is 3. The van der Waals surface area contributed by atoms with Crippen molar-refractivity contribution in [2.45, 2.75) is 20.1 Å². The summed E-state index contributed by atoms with van der Waals surface area (Å²) in [5.74, 6) is 0.555. The number of ether oxygens (including phenoxy) is 1. The van der Waals surface area contributed by atoms with Crippen molar-refractivity contribution in [2.75, 3.05) is 0 Å². The van der Waals surface area contributed by atoms with Gasteiger partial charge in [-0.15, -0.1) is 0 Å². The lowest BCUT2D eigenvalue weighted by Crippen LogP contribution is -1.95. The molecule has 19 heavy (non-hydrogen) atoms. The van der Waals surface area contributed by atoms with Crippen molar-refractivity contribution >= 4 is 5.69 Å². The average molecular weight is 263 g/mol. The van der Waals surface area contributed by atoms with E-state index in [9.17, 15) is 10.1 Å². The zero-order valence-electron chi connectivity index (χ0n) is 10.3. The minimum absolute atomic E-state index is 0.123. The van der Waals surface area contributed by atoms with E-state index < -0.39 is 4.92 Å². The molecule has 2 aromatic rings. The van der Waals surface area contributed by atoms with Gasteiger partial charge >= 0.3 is 5.69 Å². The van der Waals surface area contributed by atoms with Crippen LogP contribution in [0.1, 0.15) is 12.5 Å². The molecule has 1 heterocycles. The zero-order chi connectivity index (χ0) is 13.8. The van der Waals surface area contributed by atoms with Crippen LogP contribution in [0, 0.1) is 10.1 Å². The first-order valence-electron chi connectivity index (χ1n) is 5.72. The molecule has 0 fully saturated rings. The van der Waals surface area contributed by atoms with E-state index in [0.717, 1.165) is 0 Å². The Balaban J connectivity index is 2.31. The van der Waals surface area contributed by atoms with Crippen LogP contribution >= 0.6 is 0 Å². The average Bonchev–Trinajstić information content (AvgIpc) is 2.86. The van der Waals surface area contributed by atoms with Gasteiger partial charge in [0, 0.05) is 12.6 Å². The molecule has 0 aliphatic heterocycles. The monoisotopic (exact) mass is 263 g/mol. The van der Waals surface area contributed by atoms with Crippen molar-refractivity contribution in [2.24, 2.45) is 0 Å². The highest BCUT2D eigenvalue weighted by molar-refractivity contribution is 5.50. The summed E-state index contributed by atoms with van der Waals surface area (Å²) in [5, 5.41) is 24.0. The molecule has 7 heteroatoms. The zero-order valence-corrected chi connectivity index (χ0v) is 10.3. The third-order valence-electron chi connectivity index (χ3n) is 2.56. The van der Waals surface area contributed by atoms with Crippen molar-refractivity contribution in [1.29, 1.82) is 0 Å². The van der Waals surface area contributed by atoms with E-state index in [0.29, 0.717) is 17.9 Å². The largest absolute Gasteiger partial charge is 0.447 e. The molecule has 0 amide bonds. The van der Waals surface area contributed by atoms with Crippen molar-refractivity contribution in [3.63, 3.8) is 0 Å². The number of hydrogen-bond donors (Lipinski definition) is 1. The van der Waals surface area contributed by atoms with Gasteiger partial charge in [-0.05, 0) is 18.6 Å². The van der Waals surface area contributed by atoms with Crippen LogP contribution in [-0.4, -0.2) is 19.8 Å². The Labute approximate surface area is 109 Å². The van der Waals surface area contributed by atoms with Crippen molar-refractivity contribution in [1.82, 2.24) is 9.78 Å². The van der Waals surface area contributed by atoms with Crippen LogP contribution in [0.15, 0.2) is 30.6 Å². The van der Waals surface area contributed by atoms with E-state index in [1.165, 1.54) is 18.3 Å². The van der Waals surface area contributed by atoms with Crippen LogP contribution in [0.5, 0.6) is 11.5 Å². The Bertz CT molecular complexity index is 594. The van der Waals surface area contributed by atoms with Gasteiger partial charge in [0.1, 0.15) is 0 Å². The third-order valence-corrected chi connectivity index (χ3v) is 2.56. The number of aryl methyl sites for hydroxylation is 1. The van der Waals surface area contributed by atoms with Gasteiger partial charge in [0.15, 0.2) is 5.75 Å². The second-order valence-corrected chi connectivity index (χ2v) is 3.85. The van der Waals surface area contributed by atoms with E-state index >= 15 is 0 Å². The van der Waals surface area contributed by atoms with Gasteiger partial charge in [-0.25, -0.2) is 0 Å². The second kappa shape index (κ2) is 5.49. The summed E-state index contributed by atoms with van der Waals surface area (Å²) in [6.07, 6.45) is 3.15. The first kappa shape index (κ1) is 13.0. The molecule has 0 radical (unpaired) electrons. The fourth-order valence-corrected chi connectivity index (χ4v) is 1.59. The fourth-order valence-electron chi connectivity index (χ4n) is 1.59. The van der Waals surface area contributed by atoms with Crippen LogP contribution in [0.2, 0.25) is 0 Å². The summed E-state index contributed by atoms with van der Waals surface area (Å²) in [5.41, 5.74) is 0.277. The fraction of sp³-hybridized carbons (Fsp3) is 0.250. The molecule has 1 aromatic carbocycles. The number of aliphatic hydroxyl groups is 1. The van der Waals surface area contributed by atoms with Gasteiger partial charge in [0.05, 0.1) is 23.9 Å². The standard InChI is InChI=1S/C12H13N3O4/c1-2-14-7-10(6-13-14)19-12-4-3-9(8-16)5-11(12)15(17)18/h3-7,16H,2,8H2,1H3. The van der Waals surface area contributed by atoms with Crippen molar-refractivity contribution in [3.05, 3.63) is 46.3 Å². The van der Waals surface area contributed by atoms with E-state index in [2.05, 4.69) is 5.10 Å². The van der Waals surface area contributed by atoms with Gasteiger partial charge in [-0.2, -0.15) is 5.10 Å². The van der Waals surface area contributed by atoms with E-state index in [-0.39, 0.29) is 18.0 Å². The predicted molar refractivity (Wildman–Crippen MR) is 67.0 cm³/mol. The molecule has 1 aromatic heterocycles. The number of nitro benzene ring substituents is 1. The Morgan fingerprint density at radius 3 is 2.89 bits per heavy atom. The summed E-state index contributed by atoms with van der Waals surface area (Å²) < 4.78 is 7.10. The van der Waals surface area contributed by atoms with E-state index in [1.54, 1.807) is 16.9 Å². The molecule has 1 N–H and O–H groups in total. The molecule has 0 aliphatic rings. The Morgan fingerprint density at radius 1 is 1.53 bits per heavy atom. The molecule has 0 atom stereocenters. The maximum Gasteiger partial charge on any atom is 0.311 e. The minimum atomic E-state index is -0.543. The first-order chi connectivity index (χ1) is 9.13. The molecule has 100 valence electrons. The molecule has 0 spiro atoms. The Morgan fingerprint density at radius 2 is 2.32 bits per heavy atom. The van der Waals surface area contributed by atoms with Gasteiger partial charge in [0.25, 0.3) is 0 Å². The highest BCUT2D eigenvalue weighted by Crippen LogP contribution is 2.31. The first-order valence-corrected chi connectivity index (χ1v) is 5.72. The van der Waals surface area contributed by atoms with Gasteiger partial charge < -0.3 is 9.84 Å². The van der Waals surface area contributed by atoms with E-state index in [4.69, 9.17) is 9.84 Å². The van der Waals surface area contributed by atoms with Crippen LogP contribution in [0.3, 0.4) is 0 Å². The summed E-state index contributed by atoms with van der Waals surface area (Å²) in [4.78, 5) is 10.4. The smallest absolute Gasteiger partial charge is 0.311 e. The third kappa shape index (κ3) is 2.89. The number of nitro groups is 1. The molecular formula is C12H13N3O4. The summed E-state index contributed by atoms with van der Waals surface area (Å²) in [6.45, 7) is 2.36. The molecule has 0 saturated carbocycles. The number of benzene rings is 1. The molecule has 7 nitrogen and oxygen atoms in total. The van der Waals surface area contributed by atoms with E-state index in [1.807, 2.05) is 6.92 Å². The summed E-state index contributed by atoms with van der Waals surface area (Å²) in [7, 11) is 0. The van der Waals surface area contributed by atoms with Gasteiger partial charge in [0.2, 0.25) is 5.75 Å². The van der Waals surface area contributed by atoms with Crippen molar-refractivity contribution in [3.8, 4) is 11.5 Å². The molecule has 0 aliphatic carbocycles. The van der Waals surface area contributed by atoms with Crippen LogP contribution in [0.4, 0.5) is 5.69 Å². The molecule has 0 bridgehead atoms. The molecular weight excluding hydrogens is 250 g/mol. The number of aromatic nitrogens is 2. The maximum atomic E-state index is 11.0. The number of hydrogen-bond acceptors (Lipinski definition) is 5. The van der Waals surface area contributed by atoms with Gasteiger partial charge in [-0.1, -0.05) is 6.07 Å². The number of aliphatic hydroxyl groups excluding tert-OH is 1. The molecule has 0 unspecified atom stereocenters. The normalized spacial score (nSPS) is 10.4. The SMILES string of the molecule is CCn1cc(Oc2ccc(CO)cc2[N+](=O)[O-])cn1. The summed E-state index contributed by atoms with van der Waals surface area (Å²) in [6, 6.07) is 4.33. The van der Waals surface area contributed by atoms with Gasteiger partial charge in [-0.3, -0.25) is 14.8 Å². The Kier molecular flexibility index (Phi) is 3.76. The second-order valence-electron chi connectivity index (χ2n) is 3.85. The van der Waals surface area contributed by atoms with Crippen molar-refractivity contribution < 1.29 is 14.8 Å². The van der Waals surface area contributed by atoms with Crippen LogP contribution in [0.25, 0.3) is 0 Å². The quantitative estimate of drug-likeness (QED) is 0.659. The minimum Gasteiger partial charge on any atom is -0.447 e. The lowest BCUT2D eigenvalue weighted by molar-refractivity contribution is -0.385. The van der Waals surface area contributed by atoms with Crippen LogP contribution < -0.4 is 4.74 Å². The Hall–Kier alpha value is -2.41. The maximum absolute atomic E-state index is 11.0. The molecule has 2 rings (SSSR count). The topological polar surface area (TPSA) is 90.4 Å². The molecule has 0 saturated heterocycles. The number of rotatable bonds is 5. The predicted octanol–water partition coefficient (Wildman–Crippen LogP) is 2.10. The highest BCUT2D eigenvalue weighted by Gasteiger charge is 2.17. The lowest BCUT2D eigenvalue weighted by atomic mass is 10.2. The lowest BCUT2D eigenvalue weighted by Gasteiger charge is -2.05.